The van der Waals surface area contributed by atoms with Crippen LogP contribution in [0.5, 0.6) is 0 Å². The fourth-order valence-corrected chi connectivity index (χ4v) is 2.71. The molecule has 1 aromatic carbocycles. The fourth-order valence-electron chi connectivity index (χ4n) is 2.71. The van der Waals surface area contributed by atoms with Gasteiger partial charge in [-0.25, -0.2) is 0 Å². The van der Waals surface area contributed by atoms with E-state index in [1.54, 1.807) is 23.1 Å². The molecule has 0 spiro atoms. The van der Waals surface area contributed by atoms with Crippen molar-refractivity contribution in [2.24, 2.45) is 0 Å². The Kier molecular flexibility index (Phi) is 19.4. The zero-order valence-corrected chi connectivity index (χ0v) is 20.1. The molecule has 0 saturated carbocycles. The van der Waals surface area contributed by atoms with Gasteiger partial charge in [-0.05, 0) is 39.3 Å². The van der Waals surface area contributed by atoms with E-state index in [9.17, 15) is 9.59 Å². The molecule has 168 valence electrons. The number of amides is 2. The van der Waals surface area contributed by atoms with E-state index in [1.807, 2.05) is 89.8 Å². The van der Waals surface area contributed by atoms with Gasteiger partial charge in [-0.1, -0.05) is 76.8 Å². The molecule has 0 atom stereocenters. The van der Waals surface area contributed by atoms with Gasteiger partial charge in [0.25, 0.3) is 11.8 Å². The monoisotopic (exact) mass is 414 g/mol. The Morgan fingerprint density at radius 3 is 1.93 bits per heavy atom. The molecule has 1 rings (SSSR count). The molecule has 0 saturated heterocycles. The first-order valence-electron chi connectivity index (χ1n) is 11.2. The summed E-state index contributed by atoms with van der Waals surface area (Å²) >= 11 is 0. The maximum atomic E-state index is 12.6. The molecular formula is C26H42N2O2. The lowest BCUT2D eigenvalue weighted by molar-refractivity contribution is -0.126. The quantitative estimate of drug-likeness (QED) is 0.341. The normalized spacial score (nSPS) is 10.3. The van der Waals surface area contributed by atoms with Gasteiger partial charge in [-0.15, -0.1) is 0 Å². The first-order chi connectivity index (χ1) is 14.6. The Balaban J connectivity index is 0. The van der Waals surface area contributed by atoms with Gasteiger partial charge in [0.15, 0.2) is 0 Å². The second-order valence-electron chi connectivity index (χ2n) is 5.85. The third-order valence-electron chi connectivity index (χ3n) is 4.11. The van der Waals surface area contributed by atoms with Crippen molar-refractivity contribution in [1.82, 2.24) is 9.80 Å². The van der Waals surface area contributed by atoms with Gasteiger partial charge >= 0.3 is 0 Å². The van der Waals surface area contributed by atoms with Crippen molar-refractivity contribution in [3.05, 3.63) is 72.4 Å². The van der Waals surface area contributed by atoms with Crippen molar-refractivity contribution in [2.45, 2.75) is 54.9 Å². The van der Waals surface area contributed by atoms with Crippen LogP contribution in [0.1, 0.15) is 65.2 Å². The summed E-state index contributed by atoms with van der Waals surface area (Å²) in [5, 5.41) is 0. The fraction of sp³-hybridized carbons (Fsp3) is 0.462. The minimum atomic E-state index is -0.0112. The molecule has 30 heavy (non-hydrogen) atoms. The average molecular weight is 415 g/mol. The summed E-state index contributed by atoms with van der Waals surface area (Å²) in [5.74, 6) is 0.0200. The summed E-state index contributed by atoms with van der Waals surface area (Å²) in [4.78, 5) is 28.8. The maximum absolute atomic E-state index is 12.6. The summed E-state index contributed by atoms with van der Waals surface area (Å²) in [6, 6.07) is 9.30. The van der Waals surface area contributed by atoms with Gasteiger partial charge < -0.3 is 9.80 Å². The molecule has 0 aromatic heterocycles. The van der Waals surface area contributed by atoms with Gasteiger partial charge in [0.1, 0.15) is 0 Å². The molecule has 0 heterocycles. The van der Waals surface area contributed by atoms with Crippen LogP contribution in [-0.4, -0.2) is 47.8 Å². The van der Waals surface area contributed by atoms with Crippen LogP contribution in [0, 0.1) is 0 Å². The van der Waals surface area contributed by atoms with E-state index in [2.05, 4.69) is 6.58 Å². The van der Waals surface area contributed by atoms with Crippen LogP contribution in [0.15, 0.2) is 66.8 Å². The highest BCUT2D eigenvalue weighted by atomic mass is 16.2. The Bertz CT molecular complexity index is 648. The van der Waals surface area contributed by atoms with Crippen molar-refractivity contribution in [3.63, 3.8) is 0 Å². The van der Waals surface area contributed by atoms with E-state index in [1.165, 1.54) is 0 Å². The van der Waals surface area contributed by atoms with Gasteiger partial charge in [0.2, 0.25) is 0 Å². The molecule has 0 aliphatic heterocycles. The molecule has 0 fully saturated rings. The summed E-state index contributed by atoms with van der Waals surface area (Å²) < 4.78 is 0. The van der Waals surface area contributed by atoms with Crippen LogP contribution in [0.3, 0.4) is 0 Å². The molecule has 4 heteroatoms. The molecular weight excluding hydrogens is 372 g/mol. The number of hydrogen-bond acceptors (Lipinski definition) is 2. The molecule has 0 bridgehead atoms. The topological polar surface area (TPSA) is 40.6 Å². The Morgan fingerprint density at radius 1 is 0.933 bits per heavy atom. The van der Waals surface area contributed by atoms with E-state index in [-0.39, 0.29) is 11.8 Å². The van der Waals surface area contributed by atoms with Crippen LogP contribution in [0.25, 0.3) is 0 Å². The second kappa shape index (κ2) is 19.7. The van der Waals surface area contributed by atoms with E-state index in [0.29, 0.717) is 37.3 Å². The number of hydrogen-bond donors (Lipinski definition) is 0. The van der Waals surface area contributed by atoms with Crippen molar-refractivity contribution in [2.75, 3.05) is 26.2 Å². The number of rotatable bonds is 10. The summed E-state index contributed by atoms with van der Waals surface area (Å²) in [5.41, 5.74) is 1.32. The van der Waals surface area contributed by atoms with E-state index < -0.39 is 0 Å². The van der Waals surface area contributed by atoms with Gasteiger partial charge in [-0.3, -0.25) is 9.59 Å². The second-order valence-corrected chi connectivity index (χ2v) is 5.85. The van der Waals surface area contributed by atoms with Crippen molar-refractivity contribution in [1.29, 1.82) is 0 Å². The molecule has 0 aliphatic carbocycles. The third-order valence-corrected chi connectivity index (χ3v) is 4.11. The molecule has 0 aliphatic rings. The maximum Gasteiger partial charge on any atom is 0.253 e. The molecule has 2 amide bonds. The van der Waals surface area contributed by atoms with E-state index in [0.717, 1.165) is 6.42 Å². The molecule has 0 radical (unpaired) electrons. The number of benzene rings is 1. The molecule has 0 unspecified atom stereocenters. The number of nitrogens with zero attached hydrogens (tertiary/aromatic N) is 2. The average Bonchev–Trinajstić information content (AvgIpc) is 2.81. The third kappa shape index (κ3) is 10.8. The van der Waals surface area contributed by atoms with Gasteiger partial charge in [-0.2, -0.15) is 0 Å². The zero-order valence-electron chi connectivity index (χ0n) is 20.1. The number of carbonyl (C=O) groups excluding carboxylic acids is 2. The lowest BCUT2D eigenvalue weighted by atomic mass is 10.1. The largest absolute Gasteiger partial charge is 0.339 e. The van der Waals surface area contributed by atoms with Crippen LogP contribution in [-0.2, 0) is 4.79 Å². The van der Waals surface area contributed by atoms with Gasteiger partial charge in [0, 0.05) is 37.3 Å². The first-order valence-corrected chi connectivity index (χ1v) is 11.2. The van der Waals surface area contributed by atoms with E-state index in [4.69, 9.17) is 0 Å². The SMILES string of the molecule is C=C/C=C(\C=C/C)C(=O)N(CC)CCCN(CC)C(=O)c1ccccc1.CC.CC. The number of carbonyl (C=O) groups is 2. The molecule has 0 N–H and O–H groups in total. The lowest BCUT2D eigenvalue weighted by Gasteiger charge is -2.25. The van der Waals surface area contributed by atoms with Crippen molar-refractivity contribution in [3.8, 4) is 0 Å². The van der Waals surface area contributed by atoms with E-state index >= 15 is 0 Å². The Hall–Kier alpha value is -2.62. The summed E-state index contributed by atoms with van der Waals surface area (Å²) in [6.45, 7) is 20.0. The van der Waals surface area contributed by atoms with Crippen molar-refractivity contribution >= 4 is 11.8 Å². The summed E-state index contributed by atoms with van der Waals surface area (Å²) in [7, 11) is 0. The predicted molar refractivity (Wildman–Crippen MR) is 131 cm³/mol. The Labute approximate surface area is 185 Å². The first kappa shape index (κ1) is 29.6. The van der Waals surface area contributed by atoms with Crippen LogP contribution in [0.2, 0.25) is 0 Å². The molecule has 1 aromatic rings. The van der Waals surface area contributed by atoms with Crippen LogP contribution in [0.4, 0.5) is 0 Å². The van der Waals surface area contributed by atoms with Gasteiger partial charge in [0.05, 0.1) is 0 Å². The Morgan fingerprint density at radius 2 is 1.47 bits per heavy atom. The van der Waals surface area contributed by atoms with Crippen LogP contribution < -0.4 is 0 Å². The number of likely N-dealkylation sites (N-methyl/N-ethyl adjacent to an activating group) is 1. The highest BCUT2D eigenvalue weighted by Gasteiger charge is 2.17. The highest BCUT2D eigenvalue weighted by molar-refractivity contribution is 5.96. The highest BCUT2D eigenvalue weighted by Crippen LogP contribution is 2.08. The lowest BCUT2D eigenvalue weighted by Crippen LogP contribution is -2.36. The minimum absolute atomic E-state index is 0.0112. The smallest absolute Gasteiger partial charge is 0.253 e. The van der Waals surface area contributed by atoms with Crippen LogP contribution >= 0.6 is 0 Å². The predicted octanol–water partition coefficient (Wildman–Crippen LogP) is 6.13. The minimum Gasteiger partial charge on any atom is -0.339 e. The van der Waals surface area contributed by atoms with Crippen molar-refractivity contribution < 1.29 is 9.59 Å². The zero-order chi connectivity index (χ0) is 23.4. The number of allylic oxidation sites excluding steroid dienone is 3. The standard InChI is InChI=1S/C22H30N2O2.2C2H6/c1-5-13-19(14-6-2)21(25)23(7-3)17-12-18-24(8-4)22(26)20-15-10-9-11-16-20;2*1-2/h5-6,9-11,13-16H,1,7-8,12,17-18H2,2-4H3;2*1-2H3/b14-6-,19-13+;;. The molecule has 4 nitrogen and oxygen atoms in total. The summed E-state index contributed by atoms with van der Waals surface area (Å²) in [6.07, 6.45) is 7.73.